The van der Waals surface area contributed by atoms with E-state index in [0.29, 0.717) is 6.42 Å². The Morgan fingerprint density at radius 1 is 1.23 bits per heavy atom. The van der Waals surface area contributed by atoms with E-state index in [-0.39, 0.29) is 11.9 Å². The molecule has 1 atom stereocenters. The van der Waals surface area contributed by atoms with E-state index in [1.54, 1.807) is 6.26 Å². The second kappa shape index (κ2) is 6.22. The van der Waals surface area contributed by atoms with E-state index in [1.165, 1.54) is 0 Å². The van der Waals surface area contributed by atoms with Gasteiger partial charge in [-0.15, -0.1) is 0 Å². The van der Waals surface area contributed by atoms with Gasteiger partial charge in [0.2, 0.25) is 5.91 Å². The molecule has 3 rings (SSSR count). The molecule has 1 aromatic heterocycles. The van der Waals surface area contributed by atoms with Crippen LogP contribution in [0.2, 0.25) is 0 Å². The molecule has 0 aliphatic rings. The molecule has 0 fully saturated rings. The van der Waals surface area contributed by atoms with Crippen molar-refractivity contribution in [3.63, 3.8) is 0 Å². The summed E-state index contributed by atoms with van der Waals surface area (Å²) in [7, 11) is 0. The standard InChI is InChI=1S/C19H21NO2/c1-3-6-13(2)20-18(21)11-15-12-22-17-10-9-14-7-4-5-8-16(14)19(15)17/h4-5,7-10,12-13H,3,6,11H2,1-2H3,(H,20,21). The third-order valence-corrected chi connectivity index (χ3v) is 4.02. The SMILES string of the molecule is CCCC(C)NC(=O)Cc1coc2ccc3ccccc3c12. The minimum Gasteiger partial charge on any atom is -0.464 e. The number of nitrogens with one attached hydrogen (secondary N) is 1. The summed E-state index contributed by atoms with van der Waals surface area (Å²) < 4.78 is 5.63. The summed E-state index contributed by atoms with van der Waals surface area (Å²) in [5.41, 5.74) is 1.79. The number of amides is 1. The van der Waals surface area contributed by atoms with Gasteiger partial charge in [-0.25, -0.2) is 0 Å². The normalized spacial score (nSPS) is 12.6. The molecule has 0 radical (unpaired) electrons. The number of benzene rings is 2. The topological polar surface area (TPSA) is 42.2 Å². The van der Waals surface area contributed by atoms with Crippen LogP contribution in [0.3, 0.4) is 0 Å². The fourth-order valence-corrected chi connectivity index (χ4v) is 3.01. The molecule has 1 amide bonds. The second-order valence-electron chi connectivity index (χ2n) is 5.85. The number of carbonyl (C=O) groups excluding carboxylic acids is 1. The van der Waals surface area contributed by atoms with Crippen molar-refractivity contribution in [3.8, 4) is 0 Å². The molecule has 0 aliphatic carbocycles. The van der Waals surface area contributed by atoms with Crippen LogP contribution < -0.4 is 5.32 Å². The molecule has 2 aromatic carbocycles. The van der Waals surface area contributed by atoms with E-state index in [9.17, 15) is 4.79 Å². The Morgan fingerprint density at radius 2 is 2.05 bits per heavy atom. The van der Waals surface area contributed by atoms with Crippen molar-refractivity contribution in [2.45, 2.75) is 39.2 Å². The maximum absolute atomic E-state index is 12.2. The summed E-state index contributed by atoms with van der Waals surface area (Å²) in [6.45, 7) is 4.17. The summed E-state index contributed by atoms with van der Waals surface area (Å²) in [5.74, 6) is 0.0524. The van der Waals surface area contributed by atoms with Gasteiger partial charge in [-0.3, -0.25) is 4.79 Å². The Balaban J connectivity index is 1.91. The van der Waals surface area contributed by atoms with Crippen molar-refractivity contribution in [1.82, 2.24) is 5.32 Å². The van der Waals surface area contributed by atoms with Gasteiger partial charge in [0, 0.05) is 17.0 Å². The Kier molecular flexibility index (Phi) is 4.14. The van der Waals surface area contributed by atoms with Gasteiger partial charge in [0.05, 0.1) is 12.7 Å². The Bertz CT molecular complexity index is 803. The van der Waals surface area contributed by atoms with Crippen LogP contribution in [-0.4, -0.2) is 11.9 Å². The molecule has 1 heterocycles. The van der Waals surface area contributed by atoms with Crippen LogP contribution in [0.4, 0.5) is 0 Å². The van der Waals surface area contributed by atoms with Crippen LogP contribution in [0.1, 0.15) is 32.3 Å². The highest BCUT2D eigenvalue weighted by Crippen LogP contribution is 2.30. The van der Waals surface area contributed by atoms with E-state index in [2.05, 4.69) is 24.4 Å². The molecular weight excluding hydrogens is 274 g/mol. The molecule has 3 nitrogen and oxygen atoms in total. The molecule has 0 saturated heterocycles. The lowest BCUT2D eigenvalue weighted by Crippen LogP contribution is -2.33. The van der Waals surface area contributed by atoms with Crippen LogP contribution in [0.25, 0.3) is 21.7 Å². The first-order valence-corrected chi connectivity index (χ1v) is 7.86. The summed E-state index contributed by atoms with van der Waals surface area (Å²) in [4.78, 5) is 12.2. The maximum Gasteiger partial charge on any atom is 0.224 e. The summed E-state index contributed by atoms with van der Waals surface area (Å²) in [6, 6.07) is 12.4. The van der Waals surface area contributed by atoms with Crippen molar-refractivity contribution in [1.29, 1.82) is 0 Å². The maximum atomic E-state index is 12.2. The van der Waals surface area contributed by atoms with Crippen LogP contribution in [0, 0.1) is 0 Å². The molecule has 0 saturated carbocycles. The van der Waals surface area contributed by atoms with Crippen LogP contribution in [-0.2, 0) is 11.2 Å². The van der Waals surface area contributed by atoms with Crippen molar-refractivity contribution in [2.75, 3.05) is 0 Å². The number of hydrogen-bond donors (Lipinski definition) is 1. The van der Waals surface area contributed by atoms with Gasteiger partial charge in [-0.05, 0) is 30.2 Å². The first kappa shape index (κ1) is 14.6. The molecule has 114 valence electrons. The number of carbonyl (C=O) groups is 1. The lowest BCUT2D eigenvalue weighted by Gasteiger charge is -2.12. The number of hydrogen-bond acceptors (Lipinski definition) is 2. The molecule has 1 N–H and O–H groups in total. The average molecular weight is 295 g/mol. The predicted molar refractivity (Wildman–Crippen MR) is 89.9 cm³/mol. The quantitative estimate of drug-likeness (QED) is 0.756. The zero-order chi connectivity index (χ0) is 15.5. The van der Waals surface area contributed by atoms with Gasteiger partial charge in [0.15, 0.2) is 0 Å². The fraction of sp³-hybridized carbons (Fsp3) is 0.316. The monoisotopic (exact) mass is 295 g/mol. The number of fused-ring (bicyclic) bond motifs is 3. The molecule has 0 aliphatic heterocycles. The van der Waals surface area contributed by atoms with E-state index >= 15 is 0 Å². The van der Waals surface area contributed by atoms with Crippen LogP contribution >= 0.6 is 0 Å². The molecule has 22 heavy (non-hydrogen) atoms. The summed E-state index contributed by atoms with van der Waals surface area (Å²) in [6.07, 6.45) is 4.14. The molecule has 0 bridgehead atoms. The van der Waals surface area contributed by atoms with Gasteiger partial charge in [-0.1, -0.05) is 43.7 Å². The van der Waals surface area contributed by atoms with Gasteiger partial charge in [0.25, 0.3) is 0 Å². The van der Waals surface area contributed by atoms with Crippen molar-refractivity contribution >= 4 is 27.6 Å². The van der Waals surface area contributed by atoms with Crippen molar-refractivity contribution in [3.05, 3.63) is 48.2 Å². The Hall–Kier alpha value is -2.29. The molecular formula is C19H21NO2. The lowest BCUT2D eigenvalue weighted by molar-refractivity contribution is -0.121. The van der Waals surface area contributed by atoms with E-state index < -0.39 is 0 Å². The number of rotatable bonds is 5. The molecule has 0 spiro atoms. The fourth-order valence-electron chi connectivity index (χ4n) is 3.01. The second-order valence-corrected chi connectivity index (χ2v) is 5.85. The van der Waals surface area contributed by atoms with Crippen molar-refractivity contribution < 1.29 is 9.21 Å². The predicted octanol–water partition coefficient (Wildman–Crippen LogP) is 4.43. The Morgan fingerprint density at radius 3 is 2.86 bits per heavy atom. The first-order chi connectivity index (χ1) is 10.7. The van der Waals surface area contributed by atoms with Gasteiger partial charge in [-0.2, -0.15) is 0 Å². The third kappa shape index (κ3) is 2.84. The minimum atomic E-state index is 0.0524. The third-order valence-electron chi connectivity index (χ3n) is 4.02. The molecule has 1 unspecified atom stereocenters. The van der Waals surface area contributed by atoms with E-state index in [0.717, 1.165) is 40.1 Å². The molecule has 3 heteroatoms. The zero-order valence-corrected chi connectivity index (χ0v) is 13.1. The smallest absolute Gasteiger partial charge is 0.224 e. The van der Waals surface area contributed by atoms with E-state index in [4.69, 9.17) is 4.42 Å². The van der Waals surface area contributed by atoms with Gasteiger partial charge >= 0.3 is 0 Å². The minimum absolute atomic E-state index is 0.0524. The van der Waals surface area contributed by atoms with Crippen molar-refractivity contribution in [2.24, 2.45) is 0 Å². The lowest BCUT2D eigenvalue weighted by atomic mass is 10.0. The summed E-state index contributed by atoms with van der Waals surface area (Å²) >= 11 is 0. The number of furan rings is 1. The van der Waals surface area contributed by atoms with Gasteiger partial charge in [0.1, 0.15) is 5.58 Å². The first-order valence-electron chi connectivity index (χ1n) is 7.86. The zero-order valence-electron chi connectivity index (χ0n) is 13.1. The van der Waals surface area contributed by atoms with Crippen LogP contribution in [0.5, 0.6) is 0 Å². The molecule has 3 aromatic rings. The van der Waals surface area contributed by atoms with E-state index in [1.807, 2.05) is 31.2 Å². The largest absolute Gasteiger partial charge is 0.464 e. The highest BCUT2D eigenvalue weighted by Gasteiger charge is 2.14. The van der Waals surface area contributed by atoms with Crippen LogP contribution in [0.15, 0.2) is 47.1 Å². The summed E-state index contributed by atoms with van der Waals surface area (Å²) in [5, 5.41) is 6.40. The highest BCUT2D eigenvalue weighted by molar-refractivity contribution is 6.08. The highest BCUT2D eigenvalue weighted by atomic mass is 16.3. The van der Waals surface area contributed by atoms with Gasteiger partial charge < -0.3 is 9.73 Å². The Labute approximate surface area is 130 Å². The average Bonchev–Trinajstić information content (AvgIpc) is 2.90.